The van der Waals surface area contributed by atoms with Gasteiger partial charge in [0.2, 0.25) is 5.91 Å². The van der Waals surface area contributed by atoms with Crippen molar-refractivity contribution in [2.75, 3.05) is 31.6 Å². The van der Waals surface area contributed by atoms with Gasteiger partial charge >= 0.3 is 0 Å². The lowest BCUT2D eigenvalue weighted by atomic mass is 10.1. The van der Waals surface area contributed by atoms with E-state index in [1.807, 2.05) is 54.4 Å². The first kappa shape index (κ1) is 17.4. The number of likely N-dealkylation sites (N-methyl/N-ethyl adjacent to an activating group) is 1. The van der Waals surface area contributed by atoms with Crippen molar-refractivity contribution in [2.24, 2.45) is 7.05 Å². The Morgan fingerprint density at radius 3 is 2.66 bits per heavy atom. The van der Waals surface area contributed by atoms with E-state index in [4.69, 9.17) is 0 Å². The summed E-state index contributed by atoms with van der Waals surface area (Å²) < 4.78 is 3.71. The Kier molecular flexibility index (Phi) is 4.04. The second-order valence-corrected chi connectivity index (χ2v) is 7.34. The van der Waals surface area contributed by atoms with Gasteiger partial charge in [0.05, 0.1) is 30.1 Å². The molecule has 146 valence electrons. The number of benzene rings is 1. The third kappa shape index (κ3) is 3.12. The molecule has 0 spiro atoms. The van der Waals surface area contributed by atoms with Crippen LogP contribution in [0.5, 0.6) is 0 Å². The molecule has 1 aliphatic heterocycles. The van der Waals surface area contributed by atoms with Gasteiger partial charge < -0.3 is 9.80 Å². The van der Waals surface area contributed by atoms with Gasteiger partial charge in [-0.05, 0) is 17.7 Å². The number of hydrogen-bond acceptors (Lipinski definition) is 5. The average molecular weight is 387 g/mol. The molecule has 5 rings (SSSR count). The zero-order chi connectivity index (χ0) is 20.0. The smallest absolute Gasteiger partial charge is 0.241 e. The summed E-state index contributed by atoms with van der Waals surface area (Å²) >= 11 is 0. The number of pyridine rings is 1. The number of nitrogens with zero attached hydrogens (tertiary/aromatic N) is 7. The van der Waals surface area contributed by atoms with Gasteiger partial charge in [-0.3, -0.25) is 9.48 Å². The van der Waals surface area contributed by atoms with Crippen LogP contribution in [0.1, 0.15) is 0 Å². The van der Waals surface area contributed by atoms with Gasteiger partial charge in [0.25, 0.3) is 0 Å². The summed E-state index contributed by atoms with van der Waals surface area (Å²) in [6.45, 7) is 1.81. The molecule has 0 radical (unpaired) electrons. The Balaban J connectivity index is 1.53. The van der Waals surface area contributed by atoms with Crippen molar-refractivity contribution in [3.05, 3.63) is 55.1 Å². The SMILES string of the molecule is CN1CCN(c2cc(-n3ncc4ccc(-c5cnn(C)c5)cc43)ccn2)CC1=O. The number of piperazine rings is 1. The van der Waals surface area contributed by atoms with Crippen LogP contribution in [0.3, 0.4) is 0 Å². The number of anilines is 1. The standard InChI is InChI=1S/C21H21N7O/c1-25-7-8-27(14-21(25)29)20-10-18(5-6-22-20)28-19-9-15(3-4-16(19)11-24-28)17-12-23-26(2)13-17/h3-6,9-13H,7-8,14H2,1-2H3. The van der Waals surface area contributed by atoms with Crippen molar-refractivity contribution in [3.8, 4) is 16.8 Å². The number of aryl methyl sites for hydroxylation is 1. The van der Waals surface area contributed by atoms with Crippen LogP contribution in [0.2, 0.25) is 0 Å². The van der Waals surface area contributed by atoms with Crippen molar-refractivity contribution in [1.29, 1.82) is 0 Å². The monoisotopic (exact) mass is 387 g/mol. The molecule has 0 N–H and O–H groups in total. The fraction of sp³-hybridized carbons (Fsp3) is 0.238. The maximum absolute atomic E-state index is 12.1. The lowest BCUT2D eigenvalue weighted by molar-refractivity contribution is -0.129. The number of rotatable bonds is 3. The normalized spacial score (nSPS) is 14.8. The predicted molar refractivity (Wildman–Crippen MR) is 111 cm³/mol. The van der Waals surface area contributed by atoms with Gasteiger partial charge in [-0.2, -0.15) is 10.2 Å². The molecule has 4 aromatic rings. The van der Waals surface area contributed by atoms with Gasteiger partial charge in [-0.15, -0.1) is 0 Å². The lowest BCUT2D eigenvalue weighted by Gasteiger charge is -2.32. The fourth-order valence-electron chi connectivity index (χ4n) is 3.64. The van der Waals surface area contributed by atoms with E-state index >= 15 is 0 Å². The number of carbonyl (C=O) groups is 1. The third-order valence-electron chi connectivity index (χ3n) is 5.36. The van der Waals surface area contributed by atoms with Crippen molar-refractivity contribution in [3.63, 3.8) is 0 Å². The summed E-state index contributed by atoms with van der Waals surface area (Å²) in [6, 6.07) is 10.2. The minimum atomic E-state index is 0.106. The zero-order valence-electron chi connectivity index (χ0n) is 16.4. The highest BCUT2D eigenvalue weighted by Crippen LogP contribution is 2.26. The van der Waals surface area contributed by atoms with Crippen LogP contribution in [0.25, 0.3) is 27.7 Å². The maximum atomic E-state index is 12.1. The number of aromatic nitrogens is 5. The first-order chi connectivity index (χ1) is 14.1. The maximum Gasteiger partial charge on any atom is 0.241 e. The number of carbonyl (C=O) groups excluding carboxylic acids is 1. The highest BCUT2D eigenvalue weighted by atomic mass is 16.2. The minimum Gasteiger partial charge on any atom is -0.345 e. The van der Waals surface area contributed by atoms with Crippen LogP contribution in [0, 0.1) is 0 Å². The molecular formula is C21H21N7O. The minimum absolute atomic E-state index is 0.106. The summed E-state index contributed by atoms with van der Waals surface area (Å²) in [6.07, 6.45) is 7.49. The topological polar surface area (TPSA) is 72.1 Å². The molecule has 0 bridgehead atoms. The van der Waals surface area contributed by atoms with Crippen molar-refractivity contribution in [2.45, 2.75) is 0 Å². The molecule has 8 nitrogen and oxygen atoms in total. The van der Waals surface area contributed by atoms with Gasteiger partial charge in [0.15, 0.2) is 0 Å². The summed E-state index contributed by atoms with van der Waals surface area (Å²) in [5, 5.41) is 9.92. The van der Waals surface area contributed by atoms with Crippen molar-refractivity contribution < 1.29 is 4.79 Å². The lowest BCUT2D eigenvalue weighted by Crippen LogP contribution is -2.48. The summed E-state index contributed by atoms with van der Waals surface area (Å²) in [7, 11) is 3.74. The molecule has 1 saturated heterocycles. The van der Waals surface area contributed by atoms with Gasteiger partial charge in [0.1, 0.15) is 5.82 Å². The number of fused-ring (bicyclic) bond motifs is 1. The van der Waals surface area contributed by atoms with Crippen LogP contribution in [-0.2, 0) is 11.8 Å². The van der Waals surface area contributed by atoms with E-state index in [9.17, 15) is 4.79 Å². The molecule has 1 amide bonds. The largest absolute Gasteiger partial charge is 0.345 e. The van der Waals surface area contributed by atoms with Crippen LogP contribution >= 0.6 is 0 Å². The molecule has 29 heavy (non-hydrogen) atoms. The molecule has 1 aliphatic rings. The van der Waals surface area contributed by atoms with E-state index in [1.54, 1.807) is 15.8 Å². The molecule has 1 fully saturated rings. The van der Waals surface area contributed by atoms with E-state index in [2.05, 4.69) is 33.4 Å². The number of hydrogen-bond donors (Lipinski definition) is 0. The molecule has 3 aromatic heterocycles. The van der Waals surface area contributed by atoms with E-state index in [0.29, 0.717) is 13.1 Å². The van der Waals surface area contributed by atoms with E-state index in [0.717, 1.165) is 40.1 Å². The molecule has 1 aromatic carbocycles. The van der Waals surface area contributed by atoms with Crippen molar-refractivity contribution >= 4 is 22.6 Å². The summed E-state index contributed by atoms with van der Waals surface area (Å²) in [5.74, 6) is 0.894. The first-order valence-electron chi connectivity index (χ1n) is 9.51. The molecule has 0 saturated carbocycles. The van der Waals surface area contributed by atoms with Crippen LogP contribution in [0.15, 0.2) is 55.1 Å². The van der Waals surface area contributed by atoms with Gasteiger partial charge in [-0.25, -0.2) is 9.67 Å². The van der Waals surface area contributed by atoms with Crippen LogP contribution < -0.4 is 4.90 Å². The van der Waals surface area contributed by atoms with Gasteiger partial charge in [0, 0.05) is 56.6 Å². The fourth-order valence-corrected chi connectivity index (χ4v) is 3.64. The molecule has 8 heteroatoms. The van der Waals surface area contributed by atoms with Crippen LogP contribution in [-0.4, -0.2) is 62.0 Å². The Labute approximate surface area is 168 Å². The quantitative estimate of drug-likeness (QED) is 0.538. The second-order valence-electron chi connectivity index (χ2n) is 7.34. The molecule has 0 aliphatic carbocycles. The third-order valence-corrected chi connectivity index (χ3v) is 5.36. The Bertz CT molecular complexity index is 1210. The Morgan fingerprint density at radius 1 is 0.966 bits per heavy atom. The van der Waals surface area contributed by atoms with Crippen molar-refractivity contribution in [1.82, 2.24) is 29.4 Å². The van der Waals surface area contributed by atoms with Gasteiger partial charge in [-0.1, -0.05) is 12.1 Å². The average Bonchev–Trinajstić information content (AvgIpc) is 3.36. The molecular weight excluding hydrogens is 366 g/mol. The summed E-state index contributed by atoms with van der Waals surface area (Å²) in [4.78, 5) is 20.3. The number of amides is 1. The summed E-state index contributed by atoms with van der Waals surface area (Å²) in [5.41, 5.74) is 4.08. The van der Waals surface area contributed by atoms with E-state index < -0.39 is 0 Å². The zero-order valence-corrected chi connectivity index (χ0v) is 16.4. The Hall–Kier alpha value is -3.68. The Morgan fingerprint density at radius 2 is 1.86 bits per heavy atom. The highest BCUT2D eigenvalue weighted by Gasteiger charge is 2.22. The predicted octanol–water partition coefficient (Wildman–Crippen LogP) is 2.10. The van der Waals surface area contributed by atoms with Crippen LogP contribution in [0.4, 0.5) is 5.82 Å². The molecule has 0 atom stereocenters. The highest BCUT2D eigenvalue weighted by molar-refractivity contribution is 5.86. The second kappa shape index (κ2) is 6.73. The van der Waals surface area contributed by atoms with E-state index in [-0.39, 0.29) is 5.91 Å². The molecule has 0 unspecified atom stereocenters. The first-order valence-corrected chi connectivity index (χ1v) is 9.51. The van der Waals surface area contributed by atoms with E-state index in [1.165, 1.54) is 0 Å². The molecule has 4 heterocycles.